The topological polar surface area (TPSA) is 128 Å². The van der Waals surface area contributed by atoms with E-state index in [-0.39, 0.29) is 28.4 Å². The van der Waals surface area contributed by atoms with Crippen LogP contribution >= 0.6 is 11.6 Å². The van der Waals surface area contributed by atoms with Crippen LogP contribution in [0, 0.1) is 10.1 Å². The van der Waals surface area contributed by atoms with Gasteiger partial charge in [-0.3, -0.25) is 24.5 Å². The minimum absolute atomic E-state index is 0.0551. The number of halogens is 1. The van der Waals surface area contributed by atoms with Gasteiger partial charge in [-0.2, -0.15) is 0 Å². The number of amides is 2. The molecule has 2 aromatic carbocycles. The summed E-state index contributed by atoms with van der Waals surface area (Å²) in [5.41, 5.74) is 0.519. The Kier molecular flexibility index (Phi) is 6.45. The molecule has 27 heavy (non-hydrogen) atoms. The van der Waals surface area contributed by atoms with Crippen molar-refractivity contribution in [2.75, 3.05) is 19.0 Å². The molecule has 0 unspecified atom stereocenters. The van der Waals surface area contributed by atoms with E-state index < -0.39 is 22.7 Å². The summed E-state index contributed by atoms with van der Waals surface area (Å²) >= 11 is 5.92. The van der Waals surface area contributed by atoms with Crippen LogP contribution in [0.3, 0.4) is 0 Å². The molecule has 0 spiro atoms. The van der Waals surface area contributed by atoms with Crippen LogP contribution in [0.4, 0.5) is 11.4 Å². The second-order valence-electron chi connectivity index (χ2n) is 5.21. The van der Waals surface area contributed by atoms with E-state index in [1.165, 1.54) is 43.5 Å². The lowest BCUT2D eigenvalue weighted by Gasteiger charge is -2.08. The Bertz CT molecular complexity index is 898. The number of benzene rings is 2. The lowest BCUT2D eigenvalue weighted by atomic mass is 10.1. The van der Waals surface area contributed by atoms with E-state index in [4.69, 9.17) is 11.6 Å². The molecule has 0 fully saturated rings. The van der Waals surface area contributed by atoms with Crippen molar-refractivity contribution in [1.82, 2.24) is 5.32 Å². The Balaban J connectivity index is 2.03. The molecule has 9 nitrogen and oxygen atoms in total. The van der Waals surface area contributed by atoms with Gasteiger partial charge in [0.05, 0.1) is 22.6 Å². The van der Waals surface area contributed by atoms with Gasteiger partial charge in [-0.25, -0.2) is 0 Å². The molecule has 0 aliphatic carbocycles. The van der Waals surface area contributed by atoms with Crippen molar-refractivity contribution in [2.45, 2.75) is 0 Å². The zero-order chi connectivity index (χ0) is 20.0. The summed E-state index contributed by atoms with van der Waals surface area (Å²) in [6, 6.07) is 9.42. The van der Waals surface area contributed by atoms with E-state index in [9.17, 15) is 24.5 Å². The summed E-state index contributed by atoms with van der Waals surface area (Å²) in [5, 5.41) is 15.6. The average molecular weight is 392 g/mol. The molecule has 0 saturated heterocycles. The smallest absolute Gasteiger partial charge is 0.325 e. The number of nitro groups is 1. The number of esters is 1. The van der Waals surface area contributed by atoms with Gasteiger partial charge in [0.25, 0.3) is 17.5 Å². The number of nitrogens with one attached hydrogen (secondary N) is 2. The molecule has 0 atom stereocenters. The van der Waals surface area contributed by atoms with Crippen molar-refractivity contribution in [3.63, 3.8) is 0 Å². The third kappa shape index (κ3) is 5.25. The Morgan fingerprint density at radius 3 is 2.33 bits per heavy atom. The first-order chi connectivity index (χ1) is 12.8. The minimum Gasteiger partial charge on any atom is -0.468 e. The highest BCUT2D eigenvalue weighted by Gasteiger charge is 2.15. The molecule has 2 aromatic rings. The molecule has 0 aromatic heterocycles. The van der Waals surface area contributed by atoms with Crippen molar-refractivity contribution >= 4 is 40.8 Å². The SMILES string of the molecule is COC(=O)CNC(=O)c1ccc(NC(=O)c2ccc([N+](=O)[O-])cc2Cl)cc1. The van der Waals surface area contributed by atoms with Crippen LogP contribution in [0.5, 0.6) is 0 Å². The van der Waals surface area contributed by atoms with Crippen molar-refractivity contribution in [2.24, 2.45) is 0 Å². The van der Waals surface area contributed by atoms with E-state index in [2.05, 4.69) is 15.4 Å². The average Bonchev–Trinajstić information content (AvgIpc) is 2.66. The molecule has 0 aliphatic rings. The third-order valence-electron chi connectivity index (χ3n) is 3.43. The first-order valence-electron chi connectivity index (χ1n) is 7.52. The number of nitrogens with zero attached hydrogens (tertiary/aromatic N) is 1. The van der Waals surface area contributed by atoms with Crippen LogP contribution in [0.1, 0.15) is 20.7 Å². The Morgan fingerprint density at radius 2 is 1.78 bits per heavy atom. The number of nitro benzene ring substituents is 1. The van der Waals surface area contributed by atoms with Crippen molar-refractivity contribution in [3.8, 4) is 0 Å². The maximum atomic E-state index is 12.2. The number of hydrogen-bond donors (Lipinski definition) is 2. The van der Waals surface area contributed by atoms with E-state index in [0.717, 1.165) is 6.07 Å². The van der Waals surface area contributed by atoms with Gasteiger partial charge < -0.3 is 15.4 Å². The highest BCUT2D eigenvalue weighted by Crippen LogP contribution is 2.23. The maximum Gasteiger partial charge on any atom is 0.325 e. The van der Waals surface area contributed by atoms with Crippen LogP contribution in [0.2, 0.25) is 5.02 Å². The third-order valence-corrected chi connectivity index (χ3v) is 3.75. The van der Waals surface area contributed by atoms with Gasteiger partial charge in [-0.05, 0) is 30.3 Å². The van der Waals surface area contributed by atoms with Crippen LogP contribution in [0.15, 0.2) is 42.5 Å². The Hall–Kier alpha value is -3.46. The molecule has 2 N–H and O–H groups in total. The normalized spacial score (nSPS) is 10.0. The molecule has 0 heterocycles. The zero-order valence-electron chi connectivity index (χ0n) is 14.0. The monoisotopic (exact) mass is 391 g/mol. The number of hydrogen-bond acceptors (Lipinski definition) is 6. The first kappa shape index (κ1) is 19.9. The van der Waals surface area contributed by atoms with E-state index in [0.29, 0.717) is 5.69 Å². The van der Waals surface area contributed by atoms with Crippen LogP contribution < -0.4 is 10.6 Å². The van der Waals surface area contributed by atoms with Crippen LogP contribution in [0.25, 0.3) is 0 Å². The van der Waals surface area contributed by atoms with Gasteiger partial charge in [-0.1, -0.05) is 11.6 Å². The maximum absolute atomic E-state index is 12.2. The fourth-order valence-corrected chi connectivity index (χ4v) is 2.29. The lowest BCUT2D eigenvalue weighted by molar-refractivity contribution is -0.384. The predicted octanol–water partition coefficient (Wildman–Crippen LogP) is 2.40. The van der Waals surface area contributed by atoms with Crippen molar-refractivity contribution < 1.29 is 24.0 Å². The van der Waals surface area contributed by atoms with Gasteiger partial charge in [0, 0.05) is 23.4 Å². The number of methoxy groups -OCH3 is 1. The molecule has 2 amide bonds. The second-order valence-corrected chi connectivity index (χ2v) is 5.62. The molecule has 10 heteroatoms. The number of non-ortho nitro benzene ring substituents is 1. The number of ether oxygens (including phenoxy) is 1. The minimum atomic E-state index is -0.614. The quantitative estimate of drug-likeness (QED) is 0.442. The van der Waals surface area contributed by atoms with Gasteiger partial charge >= 0.3 is 5.97 Å². The molecular formula is C17H14ClN3O6. The summed E-state index contributed by atoms with van der Waals surface area (Å²) in [7, 11) is 1.21. The standard InChI is InChI=1S/C17H14ClN3O6/c1-27-15(22)9-19-16(23)10-2-4-11(5-3-10)20-17(24)13-7-6-12(21(25)26)8-14(13)18/h2-8H,9H2,1H3,(H,19,23)(H,20,24). The fraction of sp³-hybridized carbons (Fsp3) is 0.118. The Morgan fingerprint density at radius 1 is 1.11 bits per heavy atom. The summed E-state index contributed by atoms with van der Waals surface area (Å²) in [6.45, 7) is -0.257. The predicted molar refractivity (Wildman–Crippen MR) is 96.9 cm³/mol. The van der Waals surface area contributed by atoms with E-state index in [1.807, 2.05) is 0 Å². The lowest BCUT2D eigenvalue weighted by Crippen LogP contribution is -2.30. The van der Waals surface area contributed by atoms with Gasteiger partial charge in [-0.15, -0.1) is 0 Å². The van der Waals surface area contributed by atoms with Gasteiger partial charge in [0.1, 0.15) is 6.54 Å². The molecular weight excluding hydrogens is 378 g/mol. The largest absolute Gasteiger partial charge is 0.468 e. The molecule has 0 radical (unpaired) electrons. The highest BCUT2D eigenvalue weighted by molar-refractivity contribution is 6.34. The van der Waals surface area contributed by atoms with Crippen LogP contribution in [-0.2, 0) is 9.53 Å². The molecule has 140 valence electrons. The first-order valence-corrected chi connectivity index (χ1v) is 7.90. The number of rotatable bonds is 6. The highest BCUT2D eigenvalue weighted by atomic mass is 35.5. The van der Waals surface area contributed by atoms with Gasteiger partial charge in [0.15, 0.2) is 0 Å². The van der Waals surface area contributed by atoms with E-state index in [1.54, 1.807) is 0 Å². The number of anilines is 1. The fourth-order valence-electron chi connectivity index (χ4n) is 2.03. The van der Waals surface area contributed by atoms with Gasteiger partial charge in [0.2, 0.25) is 0 Å². The van der Waals surface area contributed by atoms with Crippen LogP contribution in [-0.4, -0.2) is 36.4 Å². The zero-order valence-corrected chi connectivity index (χ0v) is 14.8. The number of carbonyl (C=O) groups is 3. The summed E-state index contributed by atoms with van der Waals surface area (Å²) in [6.07, 6.45) is 0. The van der Waals surface area contributed by atoms with Crippen molar-refractivity contribution in [3.05, 3.63) is 68.7 Å². The summed E-state index contributed by atoms with van der Waals surface area (Å²) in [4.78, 5) is 45.2. The van der Waals surface area contributed by atoms with Crippen molar-refractivity contribution in [1.29, 1.82) is 0 Å². The Labute approximate surface area is 158 Å². The molecule has 2 rings (SSSR count). The van der Waals surface area contributed by atoms with E-state index >= 15 is 0 Å². The summed E-state index contributed by atoms with van der Waals surface area (Å²) < 4.78 is 4.42. The molecule has 0 bridgehead atoms. The number of carbonyl (C=O) groups excluding carboxylic acids is 3. The molecule has 0 saturated carbocycles. The second kappa shape index (κ2) is 8.77. The summed E-state index contributed by atoms with van der Waals surface area (Å²) in [5.74, 6) is -1.61. The molecule has 0 aliphatic heterocycles.